The van der Waals surface area contributed by atoms with Crippen molar-refractivity contribution in [2.45, 2.75) is 19.1 Å². The number of anilines is 1. The van der Waals surface area contributed by atoms with Gasteiger partial charge in [-0.15, -0.1) is 0 Å². The van der Waals surface area contributed by atoms with Crippen LogP contribution in [-0.4, -0.2) is 29.1 Å². The Morgan fingerprint density at radius 1 is 1.25 bits per heavy atom. The molecule has 1 unspecified atom stereocenters. The Bertz CT molecular complexity index is 559. The third kappa shape index (κ3) is 3.27. The third-order valence-electron chi connectivity index (χ3n) is 3.52. The van der Waals surface area contributed by atoms with E-state index in [4.69, 9.17) is 10.5 Å². The second-order valence-corrected chi connectivity index (χ2v) is 5.20. The number of benzene rings is 1. The van der Waals surface area contributed by atoms with E-state index in [1.54, 1.807) is 12.4 Å². The lowest BCUT2D eigenvalue weighted by Crippen LogP contribution is -2.24. The summed E-state index contributed by atoms with van der Waals surface area (Å²) in [7, 11) is 0. The molecule has 2 N–H and O–H groups in total. The molecule has 2 heterocycles. The number of nitrogens with zero attached hydrogens (tertiary/aromatic N) is 2. The highest BCUT2D eigenvalue weighted by atomic mass is 16.5. The predicted octanol–water partition coefficient (Wildman–Crippen LogP) is 2.32. The van der Waals surface area contributed by atoms with Crippen LogP contribution in [-0.2, 0) is 6.54 Å². The lowest BCUT2D eigenvalue weighted by atomic mass is 10.2. The molecule has 0 aliphatic carbocycles. The van der Waals surface area contributed by atoms with Gasteiger partial charge in [0.15, 0.2) is 0 Å². The zero-order valence-corrected chi connectivity index (χ0v) is 11.4. The number of likely N-dealkylation sites (tertiary alicyclic amines) is 1. The lowest BCUT2D eigenvalue weighted by Gasteiger charge is -2.17. The average molecular weight is 269 g/mol. The minimum absolute atomic E-state index is 0.224. The van der Waals surface area contributed by atoms with Crippen LogP contribution in [0, 0.1) is 0 Å². The van der Waals surface area contributed by atoms with Crippen molar-refractivity contribution in [2.24, 2.45) is 0 Å². The molecule has 1 saturated heterocycles. The van der Waals surface area contributed by atoms with Crippen LogP contribution in [0.5, 0.6) is 5.75 Å². The summed E-state index contributed by atoms with van der Waals surface area (Å²) in [6.07, 6.45) is 4.61. The highest BCUT2D eigenvalue weighted by Crippen LogP contribution is 2.20. The fourth-order valence-corrected chi connectivity index (χ4v) is 2.57. The molecule has 0 amide bonds. The molecule has 0 saturated carbocycles. The number of aromatic nitrogens is 1. The molecule has 1 aromatic carbocycles. The number of nitrogens with two attached hydrogens (primary N) is 1. The maximum absolute atomic E-state index is 5.94. The van der Waals surface area contributed by atoms with E-state index >= 15 is 0 Å². The molecule has 1 atom stereocenters. The smallest absolute Gasteiger partial charge is 0.140 e. The van der Waals surface area contributed by atoms with E-state index in [1.807, 2.05) is 12.1 Å². The van der Waals surface area contributed by atoms with Crippen LogP contribution in [0.15, 0.2) is 48.8 Å². The van der Waals surface area contributed by atoms with Crippen molar-refractivity contribution in [2.75, 3.05) is 18.8 Å². The third-order valence-corrected chi connectivity index (χ3v) is 3.52. The van der Waals surface area contributed by atoms with Gasteiger partial charge in [0.1, 0.15) is 11.9 Å². The van der Waals surface area contributed by atoms with Gasteiger partial charge in [-0.2, -0.15) is 0 Å². The summed E-state index contributed by atoms with van der Waals surface area (Å²) in [6, 6.07) is 12.4. The fraction of sp³-hybridized carbons (Fsp3) is 0.312. The second kappa shape index (κ2) is 5.92. The molecule has 104 valence electrons. The maximum atomic E-state index is 5.94. The van der Waals surface area contributed by atoms with Crippen LogP contribution in [0.1, 0.15) is 12.0 Å². The SMILES string of the molecule is Nc1cncc(OC2CCN(Cc3ccccc3)C2)c1. The molecule has 1 fully saturated rings. The normalized spacial score (nSPS) is 19.1. The van der Waals surface area contributed by atoms with Crippen molar-refractivity contribution in [3.63, 3.8) is 0 Å². The summed E-state index contributed by atoms with van der Waals surface area (Å²) in [5.41, 5.74) is 7.70. The molecule has 3 rings (SSSR count). The van der Waals surface area contributed by atoms with Crippen LogP contribution in [0.2, 0.25) is 0 Å². The van der Waals surface area contributed by atoms with Crippen molar-refractivity contribution < 1.29 is 4.74 Å². The van der Waals surface area contributed by atoms with Crippen molar-refractivity contribution in [1.29, 1.82) is 0 Å². The van der Waals surface area contributed by atoms with E-state index < -0.39 is 0 Å². The topological polar surface area (TPSA) is 51.4 Å². The number of rotatable bonds is 4. The first-order valence-corrected chi connectivity index (χ1v) is 6.93. The molecule has 1 aliphatic heterocycles. The average Bonchev–Trinajstić information content (AvgIpc) is 2.87. The molecule has 0 spiro atoms. The standard InChI is InChI=1S/C16H19N3O/c17-14-8-16(10-18-9-14)20-15-6-7-19(12-15)11-13-4-2-1-3-5-13/h1-5,8-10,15H,6-7,11-12,17H2. The largest absolute Gasteiger partial charge is 0.487 e. The molecule has 20 heavy (non-hydrogen) atoms. The first kappa shape index (κ1) is 12.9. The van der Waals surface area contributed by atoms with Crippen LogP contribution < -0.4 is 10.5 Å². The van der Waals surface area contributed by atoms with Gasteiger partial charge in [-0.3, -0.25) is 9.88 Å². The van der Waals surface area contributed by atoms with Crippen molar-refractivity contribution in [3.05, 3.63) is 54.4 Å². The Morgan fingerprint density at radius 3 is 2.90 bits per heavy atom. The van der Waals surface area contributed by atoms with Gasteiger partial charge in [0.25, 0.3) is 0 Å². The highest BCUT2D eigenvalue weighted by molar-refractivity contribution is 5.40. The minimum atomic E-state index is 0.224. The summed E-state index contributed by atoms with van der Waals surface area (Å²) < 4.78 is 5.94. The van der Waals surface area contributed by atoms with Gasteiger partial charge in [0, 0.05) is 25.7 Å². The van der Waals surface area contributed by atoms with Gasteiger partial charge < -0.3 is 10.5 Å². The van der Waals surface area contributed by atoms with Crippen molar-refractivity contribution in [1.82, 2.24) is 9.88 Å². The van der Waals surface area contributed by atoms with Gasteiger partial charge in [-0.25, -0.2) is 0 Å². The molecular formula is C16H19N3O. The van der Waals surface area contributed by atoms with Crippen LogP contribution in [0.25, 0.3) is 0 Å². The zero-order chi connectivity index (χ0) is 13.8. The summed E-state index contributed by atoms with van der Waals surface area (Å²) in [6.45, 7) is 2.99. The van der Waals surface area contributed by atoms with E-state index in [0.29, 0.717) is 5.69 Å². The van der Waals surface area contributed by atoms with Gasteiger partial charge in [0.05, 0.1) is 18.1 Å². The fourth-order valence-electron chi connectivity index (χ4n) is 2.57. The van der Waals surface area contributed by atoms with Crippen LogP contribution in [0.4, 0.5) is 5.69 Å². The Balaban J connectivity index is 1.54. The number of hydrogen-bond donors (Lipinski definition) is 1. The number of nitrogen functional groups attached to an aromatic ring is 1. The van der Waals surface area contributed by atoms with Crippen LogP contribution in [0.3, 0.4) is 0 Å². The first-order chi connectivity index (χ1) is 9.79. The van der Waals surface area contributed by atoms with Crippen molar-refractivity contribution >= 4 is 5.69 Å². The van der Waals surface area contributed by atoms with E-state index in [-0.39, 0.29) is 6.10 Å². The Hall–Kier alpha value is -2.07. The van der Waals surface area contributed by atoms with Gasteiger partial charge in [-0.05, 0) is 12.0 Å². The predicted molar refractivity (Wildman–Crippen MR) is 79.4 cm³/mol. The molecule has 4 nitrogen and oxygen atoms in total. The monoisotopic (exact) mass is 269 g/mol. The molecule has 1 aliphatic rings. The molecule has 0 bridgehead atoms. The van der Waals surface area contributed by atoms with E-state index in [0.717, 1.165) is 31.8 Å². The number of hydrogen-bond acceptors (Lipinski definition) is 4. The Morgan fingerprint density at radius 2 is 2.10 bits per heavy atom. The highest BCUT2D eigenvalue weighted by Gasteiger charge is 2.23. The summed E-state index contributed by atoms with van der Waals surface area (Å²) >= 11 is 0. The van der Waals surface area contributed by atoms with E-state index in [1.165, 1.54) is 5.56 Å². The second-order valence-electron chi connectivity index (χ2n) is 5.20. The van der Waals surface area contributed by atoms with Gasteiger partial charge in [0.2, 0.25) is 0 Å². The lowest BCUT2D eigenvalue weighted by molar-refractivity contribution is 0.198. The van der Waals surface area contributed by atoms with Gasteiger partial charge in [-0.1, -0.05) is 30.3 Å². The minimum Gasteiger partial charge on any atom is -0.487 e. The molecule has 4 heteroatoms. The van der Waals surface area contributed by atoms with Crippen LogP contribution >= 0.6 is 0 Å². The first-order valence-electron chi connectivity index (χ1n) is 6.93. The summed E-state index contributed by atoms with van der Waals surface area (Å²) in [5, 5.41) is 0. The Labute approximate surface area is 119 Å². The van der Waals surface area contributed by atoms with E-state index in [2.05, 4.69) is 34.1 Å². The van der Waals surface area contributed by atoms with Gasteiger partial charge >= 0.3 is 0 Å². The Kier molecular flexibility index (Phi) is 3.83. The molecule has 2 aromatic rings. The van der Waals surface area contributed by atoms with Crippen molar-refractivity contribution in [3.8, 4) is 5.75 Å². The quantitative estimate of drug-likeness (QED) is 0.925. The number of pyridine rings is 1. The molecule has 0 radical (unpaired) electrons. The molecular weight excluding hydrogens is 250 g/mol. The summed E-state index contributed by atoms with van der Waals surface area (Å²) in [4.78, 5) is 6.47. The number of ether oxygens (including phenoxy) is 1. The van der Waals surface area contributed by atoms with E-state index in [9.17, 15) is 0 Å². The molecule has 1 aromatic heterocycles. The summed E-state index contributed by atoms with van der Waals surface area (Å²) in [5.74, 6) is 0.761. The maximum Gasteiger partial charge on any atom is 0.140 e. The zero-order valence-electron chi connectivity index (χ0n) is 11.4.